The Balaban J connectivity index is 0.00000280. The van der Waals surface area contributed by atoms with E-state index in [1.54, 1.807) is 25.8 Å². The number of nitrogens with zero attached hydrogens (tertiary/aromatic N) is 5. The molecule has 0 saturated carbocycles. The van der Waals surface area contributed by atoms with Crippen LogP contribution in [0.4, 0.5) is 0 Å². The van der Waals surface area contributed by atoms with Crippen molar-refractivity contribution in [3.8, 4) is 5.82 Å². The zero-order valence-electron chi connectivity index (χ0n) is 16.3. The number of hydrogen-bond acceptors (Lipinski definition) is 5. The molecule has 3 aromatic rings. The molecule has 9 heteroatoms. The predicted molar refractivity (Wildman–Crippen MR) is 119 cm³/mol. The van der Waals surface area contributed by atoms with Gasteiger partial charge >= 0.3 is 0 Å². The molecule has 0 aromatic carbocycles. The molecule has 3 rings (SSSR count). The summed E-state index contributed by atoms with van der Waals surface area (Å²) < 4.78 is 7.29. The lowest BCUT2D eigenvalue weighted by Gasteiger charge is -2.13. The summed E-state index contributed by atoms with van der Waals surface area (Å²) in [5, 5.41) is 10.8. The van der Waals surface area contributed by atoms with E-state index in [1.165, 1.54) is 0 Å². The van der Waals surface area contributed by atoms with Crippen molar-refractivity contribution in [3.63, 3.8) is 0 Å². The van der Waals surface area contributed by atoms with E-state index in [0.29, 0.717) is 13.1 Å². The molecule has 0 aliphatic heterocycles. The van der Waals surface area contributed by atoms with Crippen molar-refractivity contribution in [2.45, 2.75) is 39.8 Å². The van der Waals surface area contributed by atoms with Gasteiger partial charge in [0.05, 0.1) is 5.69 Å². The van der Waals surface area contributed by atoms with Crippen molar-refractivity contribution in [1.82, 2.24) is 30.3 Å². The van der Waals surface area contributed by atoms with Gasteiger partial charge in [0.15, 0.2) is 5.96 Å². The first-order valence-corrected chi connectivity index (χ1v) is 9.09. The predicted octanol–water partition coefficient (Wildman–Crippen LogP) is 2.86. The van der Waals surface area contributed by atoms with E-state index in [2.05, 4.69) is 44.6 Å². The van der Waals surface area contributed by atoms with Crippen molar-refractivity contribution in [1.29, 1.82) is 0 Å². The molecule has 150 valence electrons. The van der Waals surface area contributed by atoms with Crippen molar-refractivity contribution in [2.24, 2.45) is 4.99 Å². The molecule has 2 N–H and O–H groups in total. The summed E-state index contributed by atoms with van der Waals surface area (Å²) >= 11 is 0. The van der Waals surface area contributed by atoms with Crippen LogP contribution in [-0.2, 0) is 25.9 Å². The number of imidazole rings is 1. The maximum absolute atomic E-state index is 5.41. The lowest BCUT2D eigenvalue weighted by Crippen LogP contribution is -2.36. The second kappa shape index (κ2) is 10.8. The van der Waals surface area contributed by atoms with Crippen LogP contribution >= 0.6 is 24.0 Å². The minimum absolute atomic E-state index is 0. The molecule has 28 heavy (non-hydrogen) atoms. The zero-order chi connectivity index (χ0) is 19.1. The molecule has 0 spiro atoms. The fourth-order valence-electron chi connectivity index (χ4n) is 2.82. The second-order valence-electron chi connectivity index (χ2n) is 6.01. The third-order valence-electron chi connectivity index (χ3n) is 4.30. The highest BCUT2D eigenvalue weighted by Crippen LogP contribution is 2.15. The fraction of sp³-hybridized carbons (Fsp3) is 0.368. The molecule has 3 aromatic heterocycles. The number of halogens is 1. The SMILES string of the molecule is CCc1noc(CC)c1CNC(=NC)NCc1ccnc(-n2ccnc2)c1.I. The molecule has 0 unspecified atom stereocenters. The number of pyridine rings is 1. The van der Waals surface area contributed by atoms with Gasteiger partial charge in [-0.3, -0.25) is 9.56 Å². The lowest BCUT2D eigenvalue weighted by atomic mass is 10.1. The molecule has 0 amide bonds. The minimum Gasteiger partial charge on any atom is -0.361 e. The topological polar surface area (TPSA) is 93.2 Å². The van der Waals surface area contributed by atoms with Gasteiger partial charge in [-0.15, -0.1) is 24.0 Å². The number of aromatic nitrogens is 4. The highest BCUT2D eigenvalue weighted by Gasteiger charge is 2.13. The van der Waals surface area contributed by atoms with E-state index in [0.717, 1.165) is 47.2 Å². The van der Waals surface area contributed by atoms with E-state index in [9.17, 15) is 0 Å². The van der Waals surface area contributed by atoms with Crippen LogP contribution in [0, 0.1) is 0 Å². The fourth-order valence-corrected chi connectivity index (χ4v) is 2.82. The van der Waals surface area contributed by atoms with Gasteiger partial charge in [0.25, 0.3) is 0 Å². The molecule has 0 saturated heterocycles. The Labute approximate surface area is 181 Å². The van der Waals surface area contributed by atoms with Gasteiger partial charge in [-0.1, -0.05) is 19.0 Å². The molecule has 0 radical (unpaired) electrons. The monoisotopic (exact) mass is 495 g/mol. The summed E-state index contributed by atoms with van der Waals surface area (Å²) in [7, 11) is 1.76. The lowest BCUT2D eigenvalue weighted by molar-refractivity contribution is 0.380. The zero-order valence-corrected chi connectivity index (χ0v) is 18.7. The van der Waals surface area contributed by atoms with E-state index < -0.39 is 0 Å². The Hall–Kier alpha value is -2.43. The number of nitrogens with one attached hydrogen (secondary N) is 2. The normalized spacial score (nSPS) is 11.2. The minimum atomic E-state index is 0. The maximum Gasteiger partial charge on any atom is 0.191 e. The summed E-state index contributed by atoms with van der Waals surface area (Å²) in [5.74, 6) is 2.48. The van der Waals surface area contributed by atoms with Gasteiger partial charge in [0.1, 0.15) is 17.9 Å². The summed E-state index contributed by atoms with van der Waals surface area (Å²) in [6.07, 6.45) is 8.80. The quantitative estimate of drug-likeness (QED) is 0.298. The van der Waals surface area contributed by atoms with E-state index in [-0.39, 0.29) is 24.0 Å². The number of hydrogen-bond donors (Lipinski definition) is 2. The molecular weight excluding hydrogens is 469 g/mol. The Bertz CT molecular complexity index is 868. The first-order chi connectivity index (χ1) is 13.2. The molecule has 0 atom stereocenters. The Kier molecular flexibility index (Phi) is 8.42. The van der Waals surface area contributed by atoms with Crippen molar-refractivity contribution in [3.05, 3.63) is 59.6 Å². The maximum atomic E-state index is 5.41. The van der Waals surface area contributed by atoms with E-state index >= 15 is 0 Å². The highest BCUT2D eigenvalue weighted by atomic mass is 127. The molecule has 8 nitrogen and oxygen atoms in total. The molecule has 0 fully saturated rings. The van der Waals surface area contributed by atoms with Gasteiger partial charge < -0.3 is 15.2 Å². The molecule has 0 aliphatic rings. The standard InChI is InChI=1S/C19H25N7O.HI/c1-4-16-15(17(5-2)27-25-16)12-24-19(20-3)23-11-14-6-7-22-18(10-14)26-9-8-21-13-26;/h6-10,13H,4-5,11-12H2,1-3H3,(H2,20,23,24);1H. The third-order valence-corrected chi connectivity index (χ3v) is 4.30. The Morgan fingerprint density at radius 1 is 1.18 bits per heavy atom. The van der Waals surface area contributed by atoms with Crippen LogP contribution in [0.25, 0.3) is 5.82 Å². The first kappa shape index (κ1) is 21.9. The Morgan fingerprint density at radius 3 is 2.68 bits per heavy atom. The van der Waals surface area contributed by atoms with Crippen molar-refractivity contribution < 1.29 is 4.52 Å². The van der Waals surface area contributed by atoms with Gasteiger partial charge in [-0.25, -0.2) is 9.97 Å². The highest BCUT2D eigenvalue weighted by molar-refractivity contribution is 14.0. The molecule has 0 bridgehead atoms. The summed E-state index contributed by atoms with van der Waals surface area (Å²) in [4.78, 5) is 12.7. The summed E-state index contributed by atoms with van der Waals surface area (Å²) in [6, 6.07) is 4.00. The van der Waals surface area contributed by atoms with Crippen LogP contribution in [-0.4, -0.2) is 32.7 Å². The van der Waals surface area contributed by atoms with Crippen LogP contribution in [0.1, 0.15) is 36.4 Å². The van der Waals surface area contributed by atoms with Crippen LogP contribution in [0.15, 0.2) is 46.6 Å². The van der Waals surface area contributed by atoms with E-state index in [1.807, 2.05) is 22.9 Å². The molecule has 0 aliphatic carbocycles. The average molecular weight is 495 g/mol. The van der Waals surface area contributed by atoms with E-state index in [4.69, 9.17) is 4.52 Å². The second-order valence-corrected chi connectivity index (χ2v) is 6.01. The van der Waals surface area contributed by atoms with Crippen LogP contribution in [0.3, 0.4) is 0 Å². The van der Waals surface area contributed by atoms with Crippen LogP contribution in [0.5, 0.6) is 0 Å². The number of aryl methyl sites for hydroxylation is 2. The van der Waals surface area contributed by atoms with Crippen molar-refractivity contribution in [2.75, 3.05) is 7.05 Å². The number of guanidine groups is 1. The van der Waals surface area contributed by atoms with Crippen LogP contribution in [0.2, 0.25) is 0 Å². The van der Waals surface area contributed by atoms with Gasteiger partial charge in [-0.05, 0) is 24.1 Å². The summed E-state index contributed by atoms with van der Waals surface area (Å²) in [5.41, 5.74) is 3.22. The molecular formula is C19H26IN7O. The number of aliphatic imine (C=N–C) groups is 1. The van der Waals surface area contributed by atoms with Gasteiger partial charge in [0, 0.05) is 50.7 Å². The Morgan fingerprint density at radius 2 is 2.00 bits per heavy atom. The number of rotatable bonds is 7. The smallest absolute Gasteiger partial charge is 0.191 e. The summed E-state index contributed by atoms with van der Waals surface area (Å²) in [6.45, 7) is 5.41. The molecule has 3 heterocycles. The van der Waals surface area contributed by atoms with Crippen LogP contribution < -0.4 is 10.6 Å². The van der Waals surface area contributed by atoms with Crippen molar-refractivity contribution >= 4 is 29.9 Å². The van der Waals surface area contributed by atoms with Gasteiger partial charge in [0.2, 0.25) is 0 Å². The third kappa shape index (κ3) is 5.31. The first-order valence-electron chi connectivity index (χ1n) is 9.09. The average Bonchev–Trinajstić information content (AvgIpc) is 3.38. The largest absolute Gasteiger partial charge is 0.361 e. The van der Waals surface area contributed by atoms with Gasteiger partial charge in [-0.2, -0.15) is 0 Å².